The van der Waals surface area contributed by atoms with E-state index in [2.05, 4.69) is 0 Å². The maximum absolute atomic E-state index is 12.9. The molecule has 28 heavy (non-hydrogen) atoms. The number of hydrogen-bond donors (Lipinski definition) is 0. The van der Waals surface area contributed by atoms with Crippen molar-refractivity contribution in [2.24, 2.45) is 5.92 Å². The van der Waals surface area contributed by atoms with E-state index in [1.54, 1.807) is 19.1 Å². The Morgan fingerprint density at radius 2 is 1.86 bits per heavy atom. The molecule has 152 valence electrons. The number of ether oxygens (including phenoxy) is 2. The fourth-order valence-electron chi connectivity index (χ4n) is 3.86. The van der Waals surface area contributed by atoms with E-state index in [0.29, 0.717) is 30.3 Å². The maximum Gasteiger partial charge on any atom is 0.338 e. The summed E-state index contributed by atoms with van der Waals surface area (Å²) in [6.45, 7) is 3.50. The lowest BCUT2D eigenvalue weighted by molar-refractivity contribution is -0.136. The van der Waals surface area contributed by atoms with Crippen molar-refractivity contribution in [1.29, 1.82) is 0 Å². The molecule has 1 aromatic carbocycles. The predicted molar refractivity (Wildman–Crippen MR) is 107 cm³/mol. The van der Waals surface area contributed by atoms with Gasteiger partial charge in [0.2, 0.25) is 0 Å². The Morgan fingerprint density at radius 1 is 1.14 bits per heavy atom. The molecule has 4 rings (SSSR count). The molecule has 3 fully saturated rings. The van der Waals surface area contributed by atoms with Gasteiger partial charge in [0.25, 0.3) is 0 Å². The third kappa shape index (κ3) is 4.18. The van der Waals surface area contributed by atoms with E-state index in [4.69, 9.17) is 9.47 Å². The third-order valence-corrected chi connectivity index (χ3v) is 8.11. The summed E-state index contributed by atoms with van der Waals surface area (Å²) in [5.74, 6) is 0.218. The zero-order valence-corrected chi connectivity index (χ0v) is 17.2. The molecule has 2 aliphatic carbocycles. The summed E-state index contributed by atoms with van der Waals surface area (Å²) in [5, 5.41) is -0.224. The second-order valence-electron chi connectivity index (χ2n) is 8.02. The smallest absolute Gasteiger partial charge is 0.338 e. The average Bonchev–Trinajstić information content (AvgIpc) is 3.58. The molecule has 1 heterocycles. The van der Waals surface area contributed by atoms with Gasteiger partial charge in [0.05, 0.1) is 22.3 Å². The van der Waals surface area contributed by atoms with Gasteiger partial charge in [0.1, 0.15) is 0 Å². The molecule has 0 aromatic heterocycles. The molecule has 0 atom stereocenters. The lowest BCUT2D eigenvalue weighted by Crippen LogP contribution is -2.16. The monoisotopic (exact) mass is 404 g/mol. The highest BCUT2D eigenvalue weighted by atomic mass is 32.2. The Labute approximate surface area is 167 Å². The van der Waals surface area contributed by atoms with Crippen LogP contribution < -0.4 is 0 Å². The molecule has 6 heteroatoms. The number of allylic oxidation sites excluding steroid dienone is 1. The summed E-state index contributed by atoms with van der Waals surface area (Å²) in [7, 11) is -3.25. The van der Waals surface area contributed by atoms with E-state index < -0.39 is 9.84 Å². The number of benzene rings is 1. The first-order valence-corrected chi connectivity index (χ1v) is 11.9. The Bertz CT molecular complexity index is 872. The Balaban J connectivity index is 1.72. The summed E-state index contributed by atoms with van der Waals surface area (Å²) in [5.41, 5.74) is 2.19. The standard InChI is InChI=1S/C22H28O5S/c1-2-27-22(23)20(13-15-9-11-26-12-10-15)17-5-8-21(19(14-17)16-3-4-16)28(24,25)18-6-7-18/h5,8,13-16,18H,2-4,6-7,9-12H2,1H3. The third-order valence-electron chi connectivity index (χ3n) is 5.77. The molecule has 0 N–H and O–H groups in total. The lowest BCUT2D eigenvalue weighted by Gasteiger charge is -2.20. The minimum atomic E-state index is -3.25. The fraction of sp³-hybridized carbons (Fsp3) is 0.591. The van der Waals surface area contributed by atoms with Gasteiger partial charge in [-0.05, 0) is 80.5 Å². The van der Waals surface area contributed by atoms with Crippen molar-refractivity contribution < 1.29 is 22.7 Å². The number of rotatable bonds is 7. The number of hydrogen-bond acceptors (Lipinski definition) is 5. The molecule has 5 nitrogen and oxygen atoms in total. The van der Waals surface area contributed by atoms with Gasteiger partial charge in [0, 0.05) is 13.2 Å². The van der Waals surface area contributed by atoms with Crippen LogP contribution in [0.3, 0.4) is 0 Å². The van der Waals surface area contributed by atoms with Crippen LogP contribution in [-0.2, 0) is 24.1 Å². The van der Waals surface area contributed by atoms with Gasteiger partial charge in [-0.3, -0.25) is 0 Å². The van der Waals surface area contributed by atoms with Crippen LogP contribution in [0.4, 0.5) is 0 Å². The zero-order chi connectivity index (χ0) is 19.7. The summed E-state index contributed by atoms with van der Waals surface area (Å²) >= 11 is 0. The van der Waals surface area contributed by atoms with E-state index in [1.807, 2.05) is 12.1 Å². The second-order valence-corrected chi connectivity index (χ2v) is 10.2. The molecule has 1 saturated heterocycles. The van der Waals surface area contributed by atoms with Crippen molar-refractivity contribution in [3.05, 3.63) is 35.4 Å². The molecule has 0 spiro atoms. The summed E-state index contributed by atoms with van der Waals surface area (Å²) < 4.78 is 36.5. The Kier molecular flexibility index (Phi) is 5.61. The van der Waals surface area contributed by atoms with Gasteiger partial charge in [-0.25, -0.2) is 13.2 Å². The maximum atomic E-state index is 12.9. The molecule has 0 bridgehead atoms. The first-order chi connectivity index (χ1) is 13.5. The van der Waals surface area contributed by atoms with Crippen molar-refractivity contribution >= 4 is 21.4 Å². The van der Waals surface area contributed by atoms with Gasteiger partial charge in [-0.15, -0.1) is 0 Å². The topological polar surface area (TPSA) is 69.7 Å². The van der Waals surface area contributed by atoms with Crippen LogP contribution in [-0.4, -0.2) is 39.5 Å². The minimum Gasteiger partial charge on any atom is -0.462 e. The first kappa shape index (κ1) is 19.6. The fourth-order valence-corrected chi connectivity index (χ4v) is 5.78. The van der Waals surface area contributed by atoms with Crippen molar-refractivity contribution in [2.45, 2.75) is 61.5 Å². The second kappa shape index (κ2) is 7.99. The van der Waals surface area contributed by atoms with Crippen LogP contribution >= 0.6 is 0 Å². The van der Waals surface area contributed by atoms with Crippen molar-refractivity contribution in [1.82, 2.24) is 0 Å². The van der Waals surface area contributed by atoms with Crippen LogP contribution in [0, 0.1) is 5.92 Å². The molecule has 0 unspecified atom stereocenters. The number of carbonyl (C=O) groups excluding carboxylic acids is 1. The average molecular weight is 405 g/mol. The zero-order valence-electron chi connectivity index (χ0n) is 16.4. The quantitative estimate of drug-likeness (QED) is 0.510. The molecular formula is C22H28O5S. The van der Waals surface area contributed by atoms with Crippen LogP contribution in [0.1, 0.15) is 62.5 Å². The highest BCUT2D eigenvalue weighted by Crippen LogP contribution is 2.46. The van der Waals surface area contributed by atoms with E-state index in [-0.39, 0.29) is 23.1 Å². The number of sulfone groups is 1. The molecule has 2 saturated carbocycles. The summed E-state index contributed by atoms with van der Waals surface area (Å²) in [4.78, 5) is 13.1. The van der Waals surface area contributed by atoms with Gasteiger partial charge < -0.3 is 9.47 Å². The minimum absolute atomic E-state index is 0.224. The van der Waals surface area contributed by atoms with E-state index in [9.17, 15) is 13.2 Å². The Morgan fingerprint density at radius 3 is 2.46 bits per heavy atom. The van der Waals surface area contributed by atoms with Crippen molar-refractivity contribution in [3.8, 4) is 0 Å². The van der Waals surface area contributed by atoms with Crippen molar-refractivity contribution in [2.75, 3.05) is 19.8 Å². The van der Waals surface area contributed by atoms with E-state index in [1.165, 1.54) is 0 Å². The predicted octanol–water partition coefficient (Wildman–Crippen LogP) is 3.87. The highest BCUT2D eigenvalue weighted by molar-refractivity contribution is 7.92. The van der Waals surface area contributed by atoms with Gasteiger partial charge in [0.15, 0.2) is 9.84 Å². The largest absolute Gasteiger partial charge is 0.462 e. The van der Waals surface area contributed by atoms with Gasteiger partial charge in [-0.1, -0.05) is 12.1 Å². The van der Waals surface area contributed by atoms with Crippen LogP contribution in [0.2, 0.25) is 0 Å². The van der Waals surface area contributed by atoms with Crippen LogP contribution in [0.5, 0.6) is 0 Å². The van der Waals surface area contributed by atoms with Gasteiger partial charge in [-0.2, -0.15) is 0 Å². The summed E-state index contributed by atoms with van der Waals surface area (Å²) in [6.07, 6.45) is 7.29. The SMILES string of the molecule is CCOC(=O)C(=CC1CCOCC1)c1ccc(S(=O)(=O)C2CC2)c(C2CC2)c1. The highest BCUT2D eigenvalue weighted by Gasteiger charge is 2.40. The van der Waals surface area contributed by atoms with Crippen LogP contribution in [0.15, 0.2) is 29.2 Å². The van der Waals surface area contributed by atoms with E-state index >= 15 is 0 Å². The summed E-state index contributed by atoms with van der Waals surface area (Å²) in [6, 6.07) is 5.42. The molecule has 0 radical (unpaired) electrons. The van der Waals surface area contributed by atoms with Crippen molar-refractivity contribution in [3.63, 3.8) is 0 Å². The molecule has 1 aliphatic heterocycles. The van der Waals surface area contributed by atoms with Crippen LogP contribution in [0.25, 0.3) is 5.57 Å². The number of esters is 1. The first-order valence-electron chi connectivity index (χ1n) is 10.4. The van der Waals surface area contributed by atoms with E-state index in [0.717, 1.165) is 49.7 Å². The molecular weight excluding hydrogens is 376 g/mol. The molecule has 1 aromatic rings. The van der Waals surface area contributed by atoms with Gasteiger partial charge >= 0.3 is 5.97 Å². The Hall–Kier alpha value is -1.66. The molecule has 3 aliphatic rings. The number of carbonyl (C=O) groups is 1. The normalized spacial score (nSPS) is 21.5. The lowest BCUT2D eigenvalue weighted by atomic mass is 9.93. The molecule has 0 amide bonds.